The average Bonchev–Trinajstić information content (AvgIpc) is 2.81. The molecule has 4 heteroatoms. The summed E-state index contributed by atoms with van der Waals surface area (Å²) in [6, 6.07) is 1.11. The lowest BCUT2D eigenvalue weighted by Gasteiger charge is -2.30. The van der Waals surface area contributed by atoms with Crippen molar-refractivity contribution in [3.8, 4) is 0 Å². The highest BCUT2D eigenvalue weighted by Crippen LogP contribution is 2.26. The van der Waals surface area contributed by atoms with E-state index in [9.17, 15) is 0 Å². The summed E-state index contributed by atoms with van der Waals surface area (Å²) in [6.45, 7) is 6.39. The Morgan fingerprint density at radius 3 is 2.74 bits per heavy atom. The van der Waals surface area contributed by atoms with Gasteiger partial charge in [-0.15, -0.1) is 0 Å². The van der Waals surface area contributed by atoms with Gasteiger partial charge in [-0.3, -0.25) is 4.90 Å². The van der Waals surface area contributed by atoms with E-state index in [0.29, 0.717) is 12.1 Å². The second-order valence-corrected chi connectivity index (χ2v) is 6.08. The molecule has 1 aliphatic heterocycles. The smallest absolute Gasteiger partial charge is 0.121 e. The van der Waals surface area contributed by atoms with Crippen LogP contribution in [0.5, 0.6) is 0 Å². The first-order valence-electron chi connectivity index (χ1n) is 7.21. The standard InChI is InChI=1S/C15H27N3O/c1-11(2)19-15-9-12(5-6-14(15)16)18-8-7-13(10-18)17(3)4/h5-6,11-13H,7-10,16H2,1-4H3/t12?,13-/m0/s1. The third kappa shape index (κ3) is 3.51. The molecule has 2 N–H and O–H groups in total. The second-order valence-electron chi connectivity index (χ2n) is 6.08. The molecule has 0 aromatic carbocycles. The summed E-state index contributed by atoms with van der Waals surface area (Å²) in [7, 11) is 4.33. The van der Waals surface area contributed by atoms with Crippen molar-refractivity contribution in [2.75, 3.05) is 27.2 Å². The monoisotopic (exact) mass is 265 g/mol. The number of nitrogens with two attached hydrogens (primary N) is 1. The number of likely N-dealkylation sites (tertiary alicyclic amines) is 1. The topological polar surface area (TPSA) is 41.7 Å². The van der Waals surface area contributed by atoms with Crippen molar-refractivity contribution in [3.05, 3.63) is 23.6 Å². The molecule has 0 radical (unpaired) electrons. The molecule has 0 aromatic heterocycles. The lowest BCUT2D eigenvalue weighted by Crippen LogP contribution is -2.37. The van der Waals surface area contributed by atoms with Crippen LogP contribution in [0.25, 0.3) is 0 Å². The molecule has 0 spiro atoms. The Morgan fingerprint density at radius 2 is 2.16 bits per heavy atom. The Morgan fingerprint density at radius 1 is 1.42 bits per heavy atom. The van der Waals surface area contributed by atoms with Gasteiger partial charge in [0.2, 0.25) is 0 Å². The number of hydrogen-bond acceptors (Lipinski definition) is 4. The van der Waals surface area contributed by atoms with Gasteiger partial charge in [0.25, 0.3) is 0 Å². The van der Waals surface area contributed by atoms with Crippen LogP contribution in [0.15, 0.2) is 23.6 Å². The van der Waals surface area contributed by atoms with E-state index in [-0.39, 0.29) is 6.10 Å². The molecule has 19 heavy (non-hydrogen) atoms. The summed E-state index contributed by atoms with van der Waals surface area (Å²) in [4.78, 5) is 4.86. The Kier molecular flexibility index (Phi) is 4.53. The normalized spacial score (nSPS) is 28.7. The fourth-order valence-electron chi connectivity index (χ4n) is 2.83. The van der Waals surface area contributed by atoms with Gasteiger partial charge in [-0.25, -0.2) is 0 Å². The van der Waals surface area contributed by atoms with Gasteiger partial charge in [0, 0.05) is 31.6 Å². The highest BCUT2D eigenvalue weighted by Gasteiger charge is 2.30. The molecule has 1 unspecified atom stereocenters. The molecule has 0 bridgehead atoms. The van der Waals surface area contributed by atoms with Gasteiger partial charge in [-0.1, -0.05) is 6.08 Å². The predicted molar refractivity (Wildman–Crippen MR) is 78.6 cm³/mol. The van der Waals surface area contributed by atoms with E-state index in [0.717, 1.165) is 31.0 Å². The highest BCUT2D eigenvalue weighted by molar-refractivity contribution is 5.27. The molecule has 1 aliphatic carbocycles. The van der Waals surface area contributed by atoms with Crippen LogP contribution in [-0.4, -0.2) is 55.2 Å². The van der Waals surface area contributed by atoms with Crippen molar-refractivity contribution < 1.29 is 4.74 Å². The number of rotatable bonds is 4. The first kappa shape index (κ1) is 14.4. The number of likely N-dealkylation sites (N-methyl/N-ethyl adjacent to an activating group) is 1. The quantitative estimate of drug-likeness (QED) is 0.837. The molecule has 108 valence electrons. The molecule has 1 saturated heterocycles. The Bertz CT molecular complexity index is 374. The van der Waals surface area contributed by atoms with Crippen molar-refractivity contribution >= 4 is 0 Å². The van der Waals surface area contributed by atoms with E-state index >= 15 is 0 Å². The van der Waals surface area contributed by atoms with Crippen LogP contribution in [0, 0.1) is 0 Å². The average molecular weight is 265 g/mol. The largest absolute Gasteiger partial charge is 0.493 e. The van der Waals surface area contributed by atoms with Crippen LogP contribution in [0.1, 0.15) is 26.7 Å². The first-order valence-corrected chi connectivity index (χ1v) is 7.21. The summed E-state index contributed by atoms with van der Waals surface area (Å²) in [5, 5.41) is 0. The van der Waals surface area contributed by atoms with E-state index in [4.69, 9.17) is 10.5 Å². The van der Waals surface area contributed by atoms with Gasteiger partial charge in [-0.05, 0) is 40.4 Å². The van der Waals surface area contributed by atoms with Crippen molar-refractivity contribution in [2.24, 2.45) is 5.73 Å². The highest BCUT2D eigenvalue weighted by atomic mass is 16.5. The summed E-state index contributed by atoms with van der Waals surface area (Å²) in [6.07, 6.45) is 6.57. The number of allylic oxidation sites excluding steroid dienone is 1. The molecule has 1 heterocycles. The van der Waals surface area contributed by atoms with Gasteiger partial charge >= 0.3 is 0 Å². The van der Waals surface area contributed by atoms with Crippen LogP contribution < -0.4 is 5.73 Å². The summed E-state index contributed by atoms with van der Waals surface area (Å²) < 4.78 is 5.83. The van der Waals surface area contributed by atoms with E-state index in [2.05, 4.69) is 30.0 Å². The zero-order chi connectivity index (χ0) is 14.0. The molecule has 0 amide bonds. The lowest BCUT2D eigenvalue weighted by molar-refractivity contribution is 0.122. The molecule has 2 atom stereocenters. The number of nitrogens with zero attached hydrogens (tertiary/aromatic N) is 2. The Hall–Kier alpha value is -1.00. The predicted octanol–water partition coefficient (Wildman–Crippen LogP) is 1.55. The summed E-state index contributed by atoms with van der Waals surface area (Å²) in [5.41, 5.74) is 6.79. The maximum atomic E-state index is 6.00. The minimum absolute atomic E-state index is 0.189. The Balaban J connectivity index is 1.96. The first-order chi connectivity index (χ1) is 8.97. The number of hydrogen-bond donors (Lipinski definition) is 1. The lowest BCUT2D eigenvalue weighted by atomic mass is 10.0. The molecule has 4 nitrogen and oxygen atoms in total. The maximum Gasteiger partial charge on any atom is 0.121 e. The van der Waals surface area contributed by atoms with Crippen LogP contribution in [-0.2, 0) is 4.74 Å². The molecule has 0 saturated carbocycles. The van der Waals surface area contributed by atoms with E-state index < -0.39 is 0 Å². The molecule has 1 fully saturated rings. The van der Waals surface area contributed by atoms with Crippen molar-refractivity contribution in [1.29, 1.82) is 0 Å². The van der Waals surface area contributed by atoms with Crippen LogP contribution in [0.4, 0.5) is 0 Å². The third-order valence-corrected chi connectivity index (χ3v) is 3.99. The van der Waals surface area contributed by atoms with Gasteiger partial charge in [0.05, 0.1) is 11.8 Å². The molecule has 0 aromatic rings. The van der Waals surface area contributed by atoms with E-state index in [1.807, 2.05) is 19.9 Å². The van der Waals surface area contributed by atoms with Gasteiger partial charge in [0.1, 0.15) is 5.76 Å². The SMILES string of the molecule is CC(C)OC1=C(N)C=CC(N2CC[C@H](N(C)C)C2)C1. The van der Waals surface area contributed by atoms with Gasteiger partial charge < -0.3 is 15.4 Å². The molecular weight excluding hydrogens is 238 g/mol. The van der Waals surface area contributed by atoms with E-state index in [1.165, 1.54) is 6.42 Å². The van der Waals surface area contributed by atoms with E-state index in [1.54, 1.807) is 0 Å². The van der Waals surface area contributed by atoms with Gasteiger partial charge in [-0.2, -0.15) is 0 Å². The minimum atomic E-state index is 0.189. The van der Waals surface area contributed by atoms with Crippen LogP contribution >= 0.6 is 0 Å². The van der Waals surface area contributed by atoms with Crippen LogP contribution in [0.3, 0.4) is 0 Å². The van der Waals surface area contributed by atoms with Crippen LogP contribution in [0.2, 0.25) is 0 Å². The van der Waals surface area contributed by atoms with Gasteiger partial charge in [0.15, 0.2) is 0 Å². The molecular formula is C15H27N3O. The fourth-order valence-corrected chi connectivity index (χ4v) is 2.83. The number of ether oxygens (including phenoxy) is 1. The second kappa shape index (κ2) is 5.97. The summed E-state index contributed by atoms with van der Waals surface area (Å²) in [5.74, 6) is 0.954. The molecule has 2 aliphatic rings. The van der Waals surface area contributed by atoms with Crippen molar-refractivity contribution in [1.82, 2.24) is 9.80 Å². The maximum absolute atomic E-state index is 6.00. The van der Waals surface area contributed by atoms with Crippen molar-refractivity contribution in [3.63, 3.8) is 0 Å². The third-order valence-electron chi connectivity index (χ3n) is 3.99. The zero-order valence-corrected chi connectivity index (χ0v) is 12.6. The molecule has 2 rings (SSSR count). The Labute approximate surface area is 116 Å². The zero-order valence-electron chi connectivity index (χ0n) is 12.6. The minimum Gasteiger partial charge on any atom is -0.493 e. The summed E-state index contributed by atoms with van der Waals surface area (Å²) >= 11 is 0. The fraction of sp³-hybridized carbons (Fsp3) is 0.733. The van der Waals surface area contributed by atoms with Crippen molar-refractivity contribution in [2.45, 2.75) is 44.9 Å².